The molecule has 4 N–H and O–H groups in total. The Hall–Kier alpha value is -2.08. The number of fused-ring (bicyclic) bond motifs is 2. The van der Waals surface area contributed by atoms with Crippen LogP contribution in [0.1, 0.15) is 49.3 Å². The topological polar surface area (TPSA) is 87.5 Å². The minimum absolute atomic E-state index is 0.0477. The van der Waals surface area contributed by atoms with Crippen molar-refractivity contribution in [2.75, 3.05) is 7.05 Å². The maximum Gasteiger partial charge on any atom is 0.312 e. The van der Waals surface area contributed by atoms with E-state index in [2.05, 4.69) is 10.6 Å². The summed E-state index contributed by atoms with van der Waals surface area (Å²) in [5, 5.41) is 6.32. The molecule has 25 heavy (non-hydrogen) atoms. The van der Waals surface area contributed by atoms with E-state index in [0.717, 1.165) is 24.0 Å². The number of hydrogen-bond donors (Lipinski definition) is 3. The van der Waals surface area contributed by atoms with Crippen molar-refractivity contribution in [1.82, 2.24) is 15.5 Å². The van der Waals surface area contributed by atoms with Crippen molar-refractivity contribution in [2.24, 2.45) is 5.73 Å². The molecular formula is C19H28N4O2. The van der Waals surface area contributed by atoms with Crippen LogP contribution < -0.4 is 16.4 Å². The highest BCUT2D eigenvalue weighted by atomic mass is 16.2. The summed E-state index contributed by atoms with van der Waals surface area (Å²) in [5.41, 5.74) is 7.32. The lowest BCUT2D eigenvalue weighted by molar-refractivity contribution is -0.133. The van der Waals surface area contributed by atoms with Gasteiger partial charge in [-0.1, -0.05) is 29.8 Å². The molecule has 1 aromatic carbocycles. The highest BCUT2D eigenvalue weighted by Gasteiger charge is 2.36. The Morgan fingerprint density at radius 2 is 2.00 bits per heavy atom. The first-order valence-electron chi connectivity index (χ1n) is 9.06. The Morgan fingerprint density at radius 1 is 1.32 bits per heavy atom. The van der Waals surface area contributed by atoms with Crippen molar-refractivity contribution >= 4 is 11.9 Å². The number of nitrogens with zero attached hydrogens (tertiary/aromatic N) is 1. The minimum atomic E-state index is -0.609. The third kappa shape index (κ3) is 4.31. The number of carbonyl (C=O) groups is 2. The normalized spacial score (nSPS) is 26.1. The highest BCUT2D eigenvalue weighted by Crippen LogP contribution is 2.30. The lowest BCUT2D eigenvalue weighted by atomic mass is 9.97. The van der Waals surface area contributed by atoms with Crippen molar-refractivity contribution in [2.45, 2.75) is 63.2 Å². The third-order valence-electron chi connectivity index (χ3n) is 5.53. The molecule has 2 saturated heterocycles. The van der Waals surface area contributed by atoms with Crippen LogP contribution in [0.3, 0.4) is 0 Å². The monoisotopic (exact) mass is 344 g/mol. The second-order valence-corrected chi connectivity index (χ2v) is 7.45. The quantitative estimate of drug-likeness (QED) is 0.761. The van der Waals surface area contributed by atoms with Gasteiger partial charge in [0.15, 0.2) is 0 Å². The molecule has 0 radical (unpaired) electrons. The zero-order valence-electron chi connectivity index (χ0n) is 15.0. The van der Waals surface area contributed by atoms with Crippen molar-refractivity contribution in [3.63, 3.8) is 0 Å². The fraction of sp³-hybridized carbons (Fsp3) is 0.579. The summed E-state index contributed by atoms with van der Waals surface area (Å²) >= 11 is 0. The van der Waals surface area contributed by atoms with Crippen molar-refractivity contribution in [1.29, 1.82) is 0 Å². The van der Waals surface area contributed by atoms with Gasteiger partial charge in [0.25, 0.3) is 0 Å². The first kappa shape index (κ1) is 17.7. The van der Waals surface area contributed by atoms with Gasteiger partial charge in [0.2, 0.25) is 5.91 Å². The fourth-order valence-electron chi connectivity index (χ4n) is 4.18. The largest absolute Gasteiger partial charge is 0.352 e. The van der Waals surface area contributed by atoms with Crippen molar-refractivity contribution in [3.8, 4) is 0 Å². The van der Waals surface area contributed by atoms with Crippen LogP contribution in [-0.4, -0.2) is 42.0 Å². The summed E-state index contributed by atoms with van der Waals surface area (Å²) in [4.78, 5) is 26.1. The Morgan fingerprint density at radius 3 is 2.60 bits per heavy atom. The van der Waals surface area contributed by atoms with Gasteiger partial charge in [-0.25, -0.2) is 4.79 Å². The van der Waals surface area contributed by atoms with E-state index in [1.54, 1.807) is 0 Å². The lowest BCUT2D eigenvalue weighted by Gasteiger charge is -2.36. The number of piperidine rings is 1. The number of benzene rings is 1. The lowest BCUT2D eigenvalue weighted by Crippen LogP contribution is -2.49. The van der Waals surface area contributed by atoms with Crippen LogP contribution in [0.4, 0.5) is 4.79 Å². The summed E-state index contributed by atoms with van der Waals surface area (Å²) in [6.45, 7) is 1.99. The molecule has 2 heterocycles. The summed E-state index contributed by atoms with van der Waals surface area (Å²) in [6, 6.07) is 8.17. The maximum atomic E-state index is 12.8. The van der Waals surface area contributed by atoms with Crippen LogP contribution in [-0.2, 0) is 4.79 Å². The number of nitrogens with two attached hydrogens (primary N) is 1. The molecule has 0 spiro atoms. The van der Waals surface area contributed by atoms with E-state index in [9.17, 15) is 9.59 Å². The summed E-state index contributed by atoms with van der Waals surface area (Å²) in [5.74, 6) is 0.0477. The first-order chi connectivity index (χ1) is 11.9. The number of nitrogens with one attached hydrogen (secondary N) is 2. The number of amides is 3. The van der Waals surface area contributed by atoms with Crippen LogP contribution in [0.2, 0.25) is 0 Å². The SMILES string of the molecule is Cc1cccc(C(CC(=O)N(C)C2CC3CCC(C2)N3)NC(N)=O)c1. The Bertz CT molecular complexity index is 636. The average molecular weight is 344 g/mol. The standard InChI is InChI=1S/C19H28N4O2/c1-12-4-3-5-13(8-12)17(22-19(20)25)11-18(24)23(2)16-9-14-6-7-15(10-16)21-14/h3-5,8,14-17,21H,6-7,9-11H2,1-2H3,(H3,20,22,25). The Kier molecular flexibility index (Phi) is 5.27. The molecule has 6 nitrogen and oxygen atoms in total. The molecular weight excluding hydrogens is 316 g/mol. The number of rotatable bonds is 5. The van der Waals surface area contributed by atoms with E-state index < -0.39 is 12.1 Å². The zero-order chi connectivity index (χ0) is 18.0. The second kappa shape index (κ2) is 7.44. The first-order valence-corrected chi connectivity index (χ1v) is 9.06. The molecule has 3 atom stereocenters. The minimum Gasteiger partial charge on any atom is -0.352 e. The van der Waals surface area contributed by atoms with Crippen LogP contribution in [0, 0.1) is 6.92 Å². The predicted molar refractivity (Wildman–Crippen MR) is 97.0 cm³/mol. The number of hydrogen-bond acceptors (Lipinski definition) is 3. The molecule has 3 unspecified atom stereocenters. The molecule has 0 aromatic heterocycles. The van der Waals surface area contributed by atoms with Gasteiger partial charge < -0.3 is 21.3 Å². The zero-order valence-corrected chi connectivity index (χ0v) is 15.0. The smallest absolute Gasteiger partial charge is 0.312 e. The molecule has 3 rings (SSSR count). The van der Waals surface area contributed by atoms with Gasteiger partial charge in [0.1, 0.15) is 0 Å². The highest BCUT2D eigenvalue weighted by molar-refractivity contribution is 5.79. The van der Waals surface area contributed by atoms with E-state index in [1.165, 1.54) is 12.8 Å². The van der Waals surface area contributed by atoms with Gasteiger partial charge in [-0.3, -0.25) is 4.79 Å². The molecule has 2 aliphatic heterocycles. The van der Waals surface area contributed by atoms with E-state index in [0.29, 0.717) is 12.1 Å². The van der Waals surface area contributed by atoms with Gasteiger partial charge >= 0.3 is 6.03 Å². The molecule has 6 heteroatoms. The number of primary amides is 1. The Labute approximate surface area is 149 Å². The van der Waals surface area contributed by atoms with Crippen molar-refractivity contribution in [3.05, 3.63) is 35.4 Å². The molecule has 2 aliphatic rings. The van der Waals surface area contributed by atoms with Crippen LogP contribution in [0.5, 0.6) is 0 Å². The summed E-state index contributed by atoms with van der Waals surface area (Å²) in [7, 11) is 1.88. The number of carbonyl (C=O) groups excluding carboxylic acids is 2. The van der Waals surface area contributed by atoms with E-state index >= 15 is 0 Å². The third-order valence-corrected chi connectivity index (χ3v) is 5.53. The molecule has 2 bridgehead atoms. The summed E-state index contributed by atoms with van der Waals surface area (Å²) in [6.07, 6.45) is 4.66. The molecule has 0 saturated carbocycles. The van der Waals surface area contributed by atoms with Crippen LogP contribution >= 0.6 is 0 Å². The maximum absolute atomic E-state index is 12.8. The van der Waals surface area contributed by atoms with Crippen molar-refractivity contribution < 1.29 is 9.59 Å². The predicted octanol–water partition coefficient (Wildman–Crippen LogP) is 1.84. The molecule has 1 aromatic rings. The van der Waals surface area contributed by atoms with Gasteiger partial charge in [-0.15, -0.1) is 0 Å². The van der Waals surface area contributed by atoms with E-state index in [-0.39, 0.29) is 18.4 Å². The second-order valence-electron chi connectivity index (χ2n) is 7.45. The summed E-state index contributed by atoms with van der Waals surface area (Å²) < 4.78 is 0. The molecule has 3 amide bonds. The van der Waals surface area contributed by atoms with E-state index in [4.69, 9.17) is 5.73 Å². The van der Waals surface area contributed by atoms with Crippen LogP contribution in [0.15, 0.2) is 24.3 Å². The van der Waals surface area contributed by atoms with Gasteiger partial charge in [0.05, 0.1) is 12.5 Å². The molecule has 136 valence electrons. The van der Waals surface area contributed by atoms with Crippen LogP contribution in [0.25, 0.3) is 0 Å². The van der Waals surface area contributed by atoms with Gasteiger partial charge in [0, 0.05) is 25.2 Å². The van der Waals surface area contributed by atoms with Gasteiger partial charge in [-0.05, 0) is 38.2 Å². The van der Waals surface area contributed by atoms with E-state index in [1.807, 2.05) is 43.1 Å². The Balaban J connectivity index is 1.68. The number of aryl methyl sites for hydroxylation is 1. The fourth-order valence-corrected chi connectivity index (χ4v) is 4.18. The number of urea groups is 1. The molecule has 2 fully saturated rings. The average Bonchev–Trinajstić information content (AvgIpc) is 2.91. The van der Waals surface area contributed by atoms with Gasteiger partial charge in [-0.2, -0.15) is 0 Å². The molecule has 0 aliphatic carbocycles.